The highest BCUT2D eigenvalue weighted by Crippen LogP contribution is 2.54. The minimum Gasteiger partial charge on any atom is -0.480 e. The third-order valence-electron chi connectivity index (χ3n) is 7.44. The van der Waals surface area contributed by atoms with Crippen LogP contribution in [0.5, 0.6) is 0 Å². The highest BCUT2D eigenvalue weighted by Gasteiger charge is 2.50. The lowest BCUT2D eigenvalue weighted by atomic mass is 9.87. The van der Waals surface area contributed by atoms with Gasteiger partial charge in [0.15, 0.2) is 12.2 Å². The van der Waals surface area contributed by atoms with Crippen molar-refractivity contribution in [2.24, 2.45) is 10.8 Å². The topological polar surface area (TPSA) is 286 Å². The summed E-state index contributed by atoms with van der Waals surface area (Å²) in [5.41, 5.74) is -1.74. The molecule has 52 heavy (non-hydrogen) atoms. The second-order valence-electron chi connectivity index (χ2n) is 13.3. The van der Waals surface area contributed by atoms with Crippen molar-refractivity contribution >= 4 is 72.6 Å². The summed E-state index contributed by atoms with van der Waals surface area (Å²) in [4.78, 5) is 72.2. The first-order chi connectivity index (χ1) is 24.1. The monoisotopic (exact) mass is 820 g/mol. The van der Waals surface area contributed by atoms with Crippen molar-refractivity contribution < 1.29 is 66.2 Å². The van der Waals surface area contributed by atoms with E-state index in [0.717, 1.165) is 0 Å². The first-order valence-corrected chi connectivity index (χ1v) is 21.9. The van der Waals surface area contributed by atoms with Crippen molar-refractivity contribution in [2.45, 2.75) is 78.7 Å². The van der Waals surface area contributed by atoms with Gasteiger partial charge in [0, 0.05) is 61.4 Å². The number of nitrogens with one attached hydrogen (secondary N) is 6. The van der Waals surface area contributed by atoms with Crippen molar-refractivity contribution in [2.75, 3.05) is 50.9 Å². The summed E-state index contributed by atoms with van der Waals surface area (Å²) >= 11 is 0. The van der Waals surface area contributed by atoms with Gasteiger partial charge in [-0.05, 0) is 13.8 Å². The summed E-state index contributed by atoms with van der Waals surface area (Å²) in [5.74, 6) is -3.21. The van der Waals surface area contributed by atoms with E-state index in [1.807, 2.05) is 0 Å². The zero-order chi connectivity index (χ0) is 39.3. The molecule has 24 heteroatoms. The average molecular weight is 821 g/mol. The number of carbonyl (C=O) groups is 6. The fourth-order valence-corrected chi connectivity index (χ4v) is 10.0. The number of carboxylic acids is 2. The van der Waals surface area contributed by atoms with Crippen molar-refractivity contribution in [3.63, 3.8) is 0 Å². The summed E-state index contributed by atoms with van der Waals surface area (Å²) in [6, 6.07) is -2.48. The van der Waals surface area contributed by atoms with Gasteiger partial charge >= 0.3 is 27.4 Å². The first-order valence-electron chi connectivity index (χ1n) is 16.3. The number of rotatable bonds is 21. The molecule has 0 aromatic rings. The van der Waals surface area contributed by atoms with Crippen molar-refractivity contribution in [3.8, 4) is 0 Å². The Morgan fingerprint density at radius 1 is 0.654 bits per heavy atom. The lowest BCUT2D eigenvalue weighted by molar-refractivity contribution is -0.141. The third-order valence-corrected chi connectivity index (χ3v) is 13.2. The molecule has 2 heterocycles. The molecule has 0 spiro atoms. The largest absolute Gasteiger partial charge is 0.480 e. The number of hydrogen-bond acceptors (Lipinski definition) is 14. The second kappa shape index (κ2) is 20.4. The Morgan fingerprint density at radius 2 is 1.00 bits per heavy atom. The van der Waals surface area contributed by atoms with Crippen LogP contribution >= 0.6 is 37.1 Å². The molecule has 2 fully saturated rings. The molecule has 2 aliphatic heterocycles. The van der Waals surface area contributed by atoms with Gasteiger partial charge in [0.05, 0.1) is 13.2 Å². The highest BCUT2D eigenvalue weighted by molar-refractivity contribution is 8.76. The van der Waals surface area contributed by atoms with E-state index in [2.05, 4.69) is 31.4 Å². The minimum atomic E-state index is -4.06. The fraction of sp³-hybridized carbons (Fsp3) is 0.786. The van der Waals surface area contributed by atoms with Crippen LogP contribution in [-0.2, 0) is 56.0 Å². The Hall–Kier alpha value is -2.26. The first kappa shape index (κ1) is 45.9. The second-order valence-corrected chi connectivity index (χ2v) is 19.4. The zero-order valence-corrected chi connectivity index (χ0v) is 33.3. The Balaban J connectivity index is 1.57. The molecular formula is C28H50N6O14P2S2. The fourth-order valence-electron chi connectivity index (χ4n) is 4.35. The number of hydrogen-bond donors (Lipinski definition) is 8. The predicted octanol–water partition coefficient (Wildman–Crippen LogP) is 0.838. The van der Waals surface area contributed by atoms with Crippen LogP contribution in [0.4, 0.5) is 0 Å². The van der Waals surface area contributed by atoms with Crippen LogP contribution in [0.2, 0.25) is 0 Å². The van der Waals surface area contributed by atoms with Crippen LogP contribution in [-0.4, -0.2) is 121 Å². The normalized spacial score (nSPS) is 26.3. The maximum atomic E-state index is 12.8. The Kier molecular flexibility index (Phi) is 18.0. The summed E-state index contributed by atoms with van der Waals surface area (Å²) in [5, 5.41) is 33.3. The molecule has 0 aromatic heterocycles. The zero-order valence-electron chi connectivity index (χ0n) is 29.9. The Morgan fingerprint density at radius 3 is 1.33 bits per heavy atom. The van der Waals surface area contributed by atoms with Gasteiger partial charge in [0.25, 0.3) is 0 Å². The smallest absolute Gasteiger partial charge is 0.407 e. The van der Waals surface area contributed by atoms with E-state index in [4.69, 9.17) is 28.3 Å². The lowest BCUT2D eigenvalue weighted by Gasteiger charge is -2.40. The quantitative estimate of drug-likeness (QED) is 0.0452. The van der Waals surface area contributed by atoms with Crippen molar-refractivity contribution in [3.05, 3.63) is 0 Å². The van der Waals surface area contributed by atoms with Crippen molar-refractivity contribution in [1.29, 1.82) is 0 Å². The molecule has 0 aromatic carbocycles. The molecule has 0 aliphatic carbocycles. The maximum Gasteiger partial charge on any atom is 0.407 e. The van der Waals surface area contributed by atoms with Crippen LogP contribution < -0.4 is 31.4 Å². The average Bonchev–Trinajstić information content (AvgIpc) is 3.04. The van der Waals surface area contributed by atoms with E-state index >= 15 is 0 Å². The molecule has 2 aliphatic rings. The molecule has 6 atom stereocenters. The van der Waals surface area contributed by atoms with E-state index in [-0.39, 0.29) is 51.0 Å². The van der Waals surface area contributed by atoms with Crippen LogP contribution in [0.15, 0.2) is 0 Å². The van der Waals surface area contributed by atoms with Gasteiger partial charge in [-0.1, -0.05) is 49.3 Å². The van der Waals surface area contributed by atoms with Crippen LogP contribution in [0.25, 0.3) is 0 Å². The molecule has 20 nitrogen and oxygen atoms in total. The molecule has 2 unspecified atom stereocenters. The van der Waals surface area contributed by atoms with E-state index < -0.39 is 74.4 Å². The van der Waals surface area contributed by atoms with E-state index in [1.165, 1.54) is 35.4 Å². The van der Waals surface area contributed by atoms with E-state index in [1.54, 1.807) is 27.7 Å². The molecule has 8 N–H and O–H groups in total. The van der Waals surface area contributed by atoms with E-state index in [0.29, 0.717) is 24.6 Å². The van der Waals surface area contributed by atoms with Gasteiger partial charge in [-0.3, -0.25) is 46.9 Å². The van der Waals surface area contributed by atoms with E-state index in [9.17, 15) is 37.9 Å². The lowest BCUT2D eigenvalue weighted by Crippen LogP contribution is -2.51. The molecule has 0 saturated carbocycles. The summed E-state index contributed by atoms with van der Waals surface area (Å²) < 4.78 is 47.0. The molecule has 2 saturated heterocycles. The van der Waals surface area contributed by atoms with Crippen molar-refractivity contribution in [1.82, 2.24) is 31.4 Å². The summed E-state index contributed by atoms with van der Waals surface area (Å²) in [6.07, 6.45) is -2.46. The van der Waals surface area contributed by atoms with Crippen LogP contribution in [0.1, 0.15) is 54.4 Å². The molecule has 0 bridgehead atoms. The predicted molar refractivity (Wildman–Crippen MR) is 191 cm³/mol. The summed E-state index contributed by atoms with van der Waals surface area (Å²) in [6.45, 7) is 9.65. The molecular weight excluding hydrogens is 770 g/mol. The maximum absolute atomic E-state index is 12.8. The number of aliphatic carboxylic acids is 2. The third kappa shape index (κ3) is 15.2. The van der Waals surface area contributed by atoms with Gasteiger partial charge in [0.1, 0.15) is 12.1 Å². The number of amides is 4. The van der Waals surface area contributed by atoms with Gasteiger partial charge in [0.2, 0.25) is 23.6 Å². The SMILES string of the molecule is C[C@H](NP1(=O)OCC(C)(C)[C@H](C(=O)NCCC(=O)NCCSSCCNC(=O)CCNC(=O)[C@@H]2OP(=O)(N[C@@H](C)C(=O)O)OCC2(C)C)O1)C(=O)O. The van der Waals surface area contributed by atoms with Gasteiger partial charge < -0.3 is 31.5 Å². The van der Waals surface area contributed by atoms with Gasteiger partial charge in [-0.25, -0.2) is 19.3 Å². The molecule has 2 rings (SSSR count). The van der Waals surface area contributed by atoms with Gasteiger partial charge in [-0.15, -0.1) is 0 Å². The highest BCUT2D eigenvalue weighted by atomic mass is 33.1. The summed E-state index contributed by atoms with van der Waals surface area (Å²) in [7, 11) is -5.16. The number of carbonyl (C=O) groups excluding carboxylic acids is 4. The Labute approximate surface area is 310 Å². The van der Waals surface area contributed by atoms with Crippen LogP contribution in [0.3, 0.4) is 0 Å². The Bertz CT molecular complexity index is 1300. The van der Waals surface area contributed by atoms with Crippen LogP contribution in [0, 0.1) is 10.8 Å². The van der Waals surface area contributed by atoms with Gasteiger partial charge in [-0.2, -0.15) is 0 Å². The molecule has 298 valence electrons. The minimum absolute atomic E-state index is 0.00913. The number of carboxylic acid groups (broad SMARTS) is 2. The standard InChI is InChI=1S/C28H50N6O14P2S2/c1-17(25(39)40)33-49(43)45-15-27(3,4)21(47-49)23(37)31-9-7-19(35)29-11-13-51-52-14-12-30-20(36)8-10-32-24(38)22-28(5,6)16-46-50(44,48-22)34-18(2)26(41)42/h17-18,21-22H,7-16H2,1-6H3,(H,29,35)(H,30,36)(H,31,37)(H,32,38)(H,33,43)(H,34,44)(H,39,40)(H,41,42)/t17-,18-,21-,22-,49?,50?/m0/s1. The molecule has 0 radical (unpaired) electrons. The molecule has 4 amide bonds.